The fourth-order valence-corrected chi connectivity index (χ4v) is 3.29. The largest absolute Gasteiger partial charge is 0.481 e. The molecule has 7 heteroatoms. The Bertz CT molecular complexity index is 1270. The van der Waals surface area contributed by atoms with Gasteiger partial charge in [-0.2, -0.15) is 0 Å². The van der Waals surface area contributed by atoms with E-state index in [1.165, 1.54) is 18.0 Å². The maximum absolute atomic E-state index is 14.3. The van der Waals surface area contributed by atoms with Crippen molar-refractivity contribution in [2.24, 2.45) is 0 Å². The molecule has 4 aromatic rings. The molecule has 0 bridgehead atoms. The zero-order chi connectivity index (χ0) is 21.3. The molecule has 6 nitrogen and oxygen atoms in total. The van der Waals surface area contributed by atoms with Crippen molar-refractivity contribution in [3.8, 4) is 28.1 Å². The maximum Gasteiger partial charge on any atom is 0.250 e. The van der Waals surface area contributed by atoms with Crippen LogP contribution < -0.4 is 9.64 Å². The van der Waals surface area contributed by atoms with E-state index >= 15 is 0 Å². The lowest BCUT2D eigenvalue weighted by Crippen LogP contribution is -2.24. The average molecular weight is 402 g/mol. The van der Waals surface area contributed by atoms with Gasteiger partial charge in [-0.05, 0) is 41.5 Å². The van der Waals surface area contributed by atoms with Gasteiger partial charge in [0.05, 0.1) is 12.8 Å². The molecule has 0 aliphatic rings. The topological polar surface area (TPSA) is 71.1 Å². The van der Waals surface area contributed by atoms with Crippen LogP contribution in [-0.4, -0.2) is 35.0 Å². The molecule has 1 N–H and O–H groups in total. The molecular weight excluding hydrogens is 383 g/mol. The van der Waals surface area contributed by atoms with Crippen molar-refractivity contribution >= 4 is 22.6 Å². The monoisotopic (exact) mass is 402 g/mol. The van der Waals surface area contributed by atoms with Crippen molar-refractivity contribution in [2.45, 2.75) is 0 Å². The molecule has 150 valence electrons. The number of benzene rings is 1. The van der Waals surface area contributed by atoms with Crippen LogP contribution in [0.25, 0.3) is 33.3 Å². The van der Waals surface area contributed by atoms with Gasteiger partial charge >= 0.3 is 0 Å². The van der Waals surface area contributed by atoms with Gasteiger partial charge in [-0.3, -0.25) is 4.79 Å². The summed E-state index contributed by atoms with van der Waals surface area (Å²) in [5, 5.41) is 0.905. The molecule has 3 aromatic heterocycles. The van der Waals surface area contributed by atoms with E-state index in [0.717, 1.165) is 39.4 Å². The summed E-state index contributed by atoms with van der Waals surface area (Å²) in [4.78, 5) is 25.0. The van der Waals surface area contributed by atoms with Gasteiger partial charge in [-0.1, -0.05) is 12.6 Å². The summed E-state index contributed by atoms with van der Waals surface area (Å²) in [6, 6.07) is 10.3. The molecule has 0 atom stereocenters. The molecule has 1 amide bonds. The van der Waals surface area contributed by atoms with Crippen molar-refractivity contribution in [1.82, 2.24) is 15.0 Å². The van der Waals surface area contributed by atoms with E-state index < -0.39 is 5.82 Å². The fraction of sp³-hybridized carbons (Fsp3) is 0.0870. The van der Waals surface area contributed by atoms with E-state index in [9.17, 15) is 9.18 Å². The Labute approximate surface area is 172 Å². The highest BCUT2D eigenvalue weighted by molar-refractivity contribution is 6.01. The number of pyridine rings is 2. The highest BCUT2D eigenvalue weighted by atomic mass is 19.1. The number of rotatable bonds is 5. The number of aromatic nitrogens is 3. The van der Waals surface area contributed by atoms with Crippen LogP contribution in [0.2, 0.25) is 0 Å². The minimum absolute atomic E-state index is 0.172. The number of methoxy groups -OCH3 is 1. The molecule has 0 fully saturated rings. The van der Waals surface area contributed by atoms with Crippen molar-refractivity contribution in [3.05, 3.63) is 73.5 Å². The van der Waals surface area contributed by atoms with Gasteiger partial charge in [0.25, 0.3) is 0 Å². The minimum atomic E-state index is -0.489. The SMILES string of the molecule is C=CC(=O)N(C)c1cc(-c2cnc3[nH]cc(-c4ccnc(OC)c4)c3c2)ccc1F. The second-order valence-corrected chi connectivity index (χ2v) is 6.68. The van der Waals surface area contributed by atoms with Gasteiger partial charge < -0.3 is 14.6 Å². The number of likely N-dealkylation sites (N-methyl/N-ethyl adjacent to an activating group) is 1. The molecule has 30 heavy (non-hydrogen) atoms. The molecule has 0 spiro atoms. The Balaban J connectivity index is 1.81. The zero-order valence-electron chi connectivity index (χ0n) is 16.5. The first-order valence-electron chi connectivity index (χ1n) is 9.19. The number of ether oxygens (including phenoxy) is 1. The van der Waals surface area contributed by atoms with Crippen LogP contribution in [0.15, 0.2) is 67.6 Å². The van der Waals surface area contributed by atoms with Gasteiger partial charge in [0.15, 0.2) is 0 Å². The Morgan fingerprint density at radius 2 is 2.00 bits per heavy atom. The van der Waals surface area contributed by atoms with Crippen LogP contribution in [0.1, 0.15) is 0 Å². The summed E-state index contributed by atoms with van der Waals surface area (Å²) in [6.45, 7) is 3.46. The van der Waals surface area contributed by atoms with E-state index in [1.54, 1.807) is 31.6 Å². The zero-order valence-corrected chi connectivity index (χ0v) is 16.5. The lowest BCUT2D eigenvalue weighted by Gasteiger charge is -2.17. The van der Waals surface area contributed by atoms with Gasteiger partial charge in [0.1, 0.15) is 11.5 Å². The normalized spacial score (nSPS) is 10.8. The van der Waals surface area contributed by atoms with E-state index in [-0.39, 0.29) is 11.6 Å². The molecule has 0 aliphatic heterocycles. The van der Waals surface area contributed by atoms with E-state index in [0.29, 0.717) is 5.88 Å². The fourth-order valence-electron chi connectivity index (χ4n) is 3.29. The molecule has 0 saturated carbocycles. The van der Waals surface area contributed by atoms with Crippen LogP contribution in [0.3, 0.4) is 0 Å². The maximum atomic E-state index is 14.3. The number of hydrogen-bond acceptors (Lipinski definition) is 4. The summed E-state index contributed by atoms with van der Waals surface area (Å²) < 4.78 is 19.5. The highest BCUT2D eigenvalue weighted by Gasteiger charge is 2.15. The number of H-pyrrole nitrogens is 1. The van der Waals surface area contributed by atoms with Gasteiger partial charge in [-0.15, -0.1) is 0 Å². The molecule has 4 rings (SSSR count). The number of amides is 1. The Hall–Kier alpha value is -4.00. The van der Waals surface area contributed by atoms with Crippen LogP contribution >= 0.6 is 0 Å². The molecule has 1 aromatic carbocycles. The first kappa shape index (κ1) is 19.3. The summed E-state index contributed by atoms with van der Waals surface area (Å²) in [5.41, 5.74) is 4.31. The number of carbonyl (C=O) groups excluding carboxylic acids is 1. The van der Waals surface area contributed by atoms with Crippen molar-refractivity contribution in [2.75, 3.05) is 19.1 Å². The van der Waals surface area contributed by atoms with Crippen molar-refractivity contribution in [1.29, 1.82) is 0 Å². The summed E-state index contributed by atoms with van der Waals surface area (Å²) in [5.74, 6) is -0.361. The van der Waals surface area contributed by atoms with Gasteiger partial charge in [0.2, 0.25) is 11.8 Å². The predicted molar refractivity (Wildman–Crippen MR) is 115 cm³/mol. The number of aromatic amines is 1. The van der Waals surface area contributed by atoms with E-state index in [2.05, 4.69) is 21.5 Å². The minimum Gasteiger partial charge on any atom is -0.481 e. The molecule has 0 saturated heterocycles. The predicted octanol–water partition coefficient (Wildman–Crippen LogP) is 4.59. The second-order valence-electron chi connectivity index (χ2n) is 6.68. The third-order valence-corrected chi connectivity index (χ3v) is 4.93. The van der Waals surface area contributed by atoms with Crippen LogP contribution in [0.5, 0.6) is 5.88 Å². The standard InChI is InChI=1S/C23H19FN4O2/c1-4-22(29)28(2)20-10-14(5-6-19(20)24)16-9-17-18(13-27-23(17)26-12-16)15-7-8-25-21(11-15)30-3/h4-13H,1H2,2-3H3,(H,26,27). The number of fused-ring (bicyclic) bond motifs is 1. The lowest BCUT2D eigenvalue weighted by molar-refractivity contribution is -0.113. The summed E-state index contributed by atoms with van der Waals surface area (Å²) >= 11 is 0. The van der Waals surface area contributed by atoms with Gasteiger partial charge in [-0.25, -0.2) is 14.4 Å². The van der Waals surface area contributed by atoms with E-state index in [4.69, 9.17) is 4.74 Å². The number of hydrogen-bond donors (Lipinski definition) is 1. The number of anilines is 1. The number of carbonyl (C=O) groups is 1. The van der Waals surface area contributed by atoms with Crippen LogP contribution in [0, 0.1) is 5.82 Å². The van der Waals surface area contributed by atoms with E-state index in [1.807, 2.05) is 24.4 Å². The third-order valence-electron chi connectivity index (χ3n) is 4.93. The van der Waals surface area contributed by atoms with Crippen LogP contribution in [0.4, 0.5) is 10.1 Å². The number of nitrogens with one attached hydrogen (secondary N) is 1. The number of halogens is 1. The van der Waals surface area contributed by atoms with Crippen molar-refractivity contribution in [3.63, 3.8) is 0 Å². The molecule has 0 unspecified atom stereocenters. The first-order valence-corrected chi connectivity index (χ1v) is 9.19. The Kier molecular flexibility index (Phi) is 5.02. The summed E-state index contributed by atoms with van der Waals surface area (Å²) in [7, 11) is 3.08. The number of nitrogens with zero attached hydrogens (tertiary/aromatic N) is 3. The van der Waals surface area contributed by atoms with Gasteiger partial charge in [0, 0.05) is 48.2 Å². The molecular formula is C23H19FN4O2. The Morgan fingerprint density at radius 1 is 1.17 bits per heavy atom. The molecule has 0 radical (unpaired) electrons. The third kappa shape index (κ3) is 3.41. The highest BCUT2D eigenvalue weighted by Crippen LogP contribution is 2.33. The first-order chi connectivity index (χ1) is 14.5. The quantitative estimate of drug-likeness (QED) is 0.496. The Morgan fingerprint density at radius 3 is 2.77 bits per heavy atom. The second kappa shape index (κ2) is 7.79. The molecule has 3 heterocycles. The lowest BCUT2D eigenvalue weighted by atomic mass is 10.0. The smallest absolute Gasteiger partial charge is 0.250 e. The summed E-state index contributed by atoms with van der Waals surface area (Å²) in [6.07, 6.45) is 6.42. The van der Waals surface area contributed by atoms with Crippen LogP contribution in [-0.2, 0) is 4.79 Å². The van der Waals surface area contributed by atoms with Crippen molar-refractivity contribution < 1.29 is 13.9 Å². The molecule has 0 aliphatic carbocycles. The average Bonchev–Trinajstić information content (AvgIpc) is 3.21.